The van der Waals surface area contributed by atoms with Crippen molar-refractivity contribution in [2.24, 2.45) is 0 Å². The predicted molar refractivity (Wildman–Crippen MR) is 121 cm³/mol. The summed E-state index contributed by atoms with van der Waals surface area (Å²) in [4.78, 5) is 30.7. The van der Waals surface area contributed by atoms with E-state index in [0.717, 1.165) is 5.56 Å². The Balaban J connectivity index is 2.24. The van der Waals surface area contributed by atoms with Crippen LogP contribution in [0, 0.1) is 6.92 Å². The molecule has 0 aliphatic heterocycles. The van der Waals surface area contributed by atoms with Gasteiger partial charge in [-0.15, -0.1) is 0 Å². The fraction of sp³-hybridized carbons (Fsp3) is 0.348. The third-order valence-electron chi connectivity index (χ3n) is 4.65. The lowest BCUT2D eigenvalue weighted by Crippen LogP contribution is -2.37. The van der Waals surface area contributed by atoms with Crippen molar-refractivity contribution in [2.75, 3.05) is 7.11 Å². The van der Waals surface area contributed by atoms with E-state index in [2.05, 4.69) is 10.3 Å². The maximum absolute atomic E-state index is 13.6. The lowest BCUT2D eigenvalue weighted by molar-refractivity contribution is 0.0505. The first kappa shape index (κ1) is 22.6. The average Bonchev–Trinajstić information content (AvgIpc) is 2.67. The number of aryl methyl sites for hydroxylation is 1. The highest BCUT2D eigenvalue weighted by molar-refractivity contribution is 6.35. The Labute approximate surface area is 186 Å². The number of amides is 1. The van der Waals surface area contributed by atoms with Crippen LogP contribution in [0.3, 0.4) is 0 Å². The number of carbonyl (C=O) groups is 1. The maximum Gasteiger partial charge on any atom is 0.408 e. The summed E-state index contributed by atoms with van der Waals surface area (Å²) in [6.45, 7) is 8.97. The van der Waals surface area contributed by atoms with E-state index in [1.165, 1.54) is 4.57 Å². The van der Waals surface area contributed by atoms with E-state index in [1.807, 2.05) is 19.1 Å². The molecule has 1 atom stereocenters. The molecule has 3 rings (SSSR count). The molecule has 1 amide bonds. The number of benzene rings is 2. The molecule has 1 heterocycles. The molecule has 1 N–H and O–H groups in total. The number of nitrogens with zero attached hydrogens (tertiary/aromatic N) is 2. The van der Waals surface area contributed by atoms with Crippen molar-refractivity contribution >= 4 is 28.6 Å². The molecule has 3 aromatic rings. The van der Waals surface area contributed by atoms with Crippen LogP contribution < -0.4 is 15.6 Å². The number of hydrogen-bond acceptors (Lipinski definition) is 5. The fourth-order valence-electron chi connectivity index (χ4n) is 3.24. The van der Waals surface area contributed by atoms with Crippen LogP contribution >= 0.6 is 11.6 Å². The van der Waals surface area contributed by atoms with E-state index in [4.69, 9.17) is 21.1 Å². The number of rotatable bonds is 4. The summed E-state index contributed by atoms with van der Waals surface area (Å²) in [5, 5.41) is 3.38. The first-order valence-corrected chi connectivity index (χ1v) is 10.3. The van der Waals surface area contributed by atoms with Crippen LogP contribution in [0.15, 0.2) is 41.2 Å². The van der Waals surface area contributed by atoms with Gasteiger partial charge in [-0.3, -0.25) is 9.36 Å². The molecule has 0 spiro atoms. The minimum atomic E-state index is -0.656. The Morgan fingerprint density at radius 3 is 2.58 bits per heavy atom. The molecular formula is C23H26ClN3O4. The number of fused-ring (bicyclic) bond motifs is 1. The minimum Gasteiger partial charge on any atom is -0.497 e. The first-order chi connectivity index (χ1) is 14.5. The lowest BCUT2D eigenvalue weighted by atomic mass is 10.1. The second kappa shape index (κ2) is 8.59. The maximum atomic E-state index is 13.6. The van der Waals surface area contributed by atoms with Crippen LogP contribution in [0.4, 0.5) is 4.79 Å². The normalized spacial score (nSPS) is 12.5. The van der Waals surface area contributed by atoms with Crippen LogP contribution in [-0.4, -0.2) is 28.4 Å². The summed E-state index contributed by atoms with van der Waals surface area (Å²) in [7, 11) is 1.56. The zero-order chi connectivity index (χ0) is 22.9. The van der Waals surface area contributed by atoms with Gasteiger partial charge in [-0.2, -0.15) is 0 Å². The van der Waals surface area contributed by atoms with Gasteiger partial charge in [0.05, 0.1) is 34.8 Å². The van der Waals surface area contributed by atoms with Crippen molar-refractivity contribution in [3.8, 4) is 11.4 Å². The molecule has 0 radical (unpaired) electrons. The Hall–Kier alpha value is -3.06. The number of alkyl carbamates (subject to hydrolysis) is 1. The van der Waals surface area contributed by atoms with Crippen LogP contribution in [0.1, 0.15) is 45.1 Å². The molecule has 1 aromatic heterocycles. The summed E-state index contributed by atoms with van der Waals surface area (Å²) in [5.74, 6) is 0.937. The van der Waals surface area contributed by atoms with Crippen molar-refractivity contribution in [1.29, 1.82) is 0 Å². The second-order valence-electron chi connectivity index (χ2n) is 8.26. The van der Waals surface area contributed by atoms with E-state index >= 15 is 0 Å². The molecule has 164 valence electrons. The molecule has 0 fully saturated rings. The molecule has 8 heteroatoms. The molecule has 0 bridgehead atoms. The highest BCUT2D eigenvalue weighted by Crippen LogP contribution is 2.26. The van der Waals surface area contributed by atoms with Gasteiger partial charge >= 0.3 is 6.09 Å². The molecule has 7 nitrogen and oxygen atoms in total. The average molecular weight is 444 g/mol. The largest absolute Gasteiger partial charge is 0.497 e. The molecule has 0 unspecified atom stereocenters. The van der Waals surface area contributed by atoms with Crippen molar-refractivity contribution < 1.29 is 14.3 Å². The summed E-state index contributed by atoms with van der Waals surface area (Å²) in [6.07, 6.45) is -0.602. The van der Waals surface area contributed by atoms with Gasteiger partial charge in [0.2, 0.25) is 0 Å². The predicted octanol–water partition coefficient (Wildman–Crippen LogP) is 4.94. The highest BCUT2D eigenvalue weighted by atomic mass is 35.5. The quantitative estimate of drug-likeness (QED) is 0.617. The molecule has 31 heavy (non-hydrogen) atoms. The van der Waals surface area contributed by atoms with Crippen LogP contribution in [0.5, 0.6) is 5.75 Å². The van der Waals surface area contributed by atoms with Gasteiger partial charge in [-0.1, -0.05) is 23.7 Å². The number of hydrogen-bond donors (Lipinski definition) is 1. The number of carbonyl (C=O) groups excluding carboxylic acids is 1. The fourth-order valence-corrected chi connectivity index (χ4v) is 3.49. The van der Waals surface area contributed by atoms with Crippen LogP contribution in [0.25, 0.3) is 16.6 Å². The Morgan fingerprint density at radius 1 is 1.23 bits per heavy atom. The molecule has 0 aliphatic carbocycles. The molecule has 0 saturated heterocycles. The van der Waals surface area contributed by atoms with Crippen LogP contribution in [0.2, 0.25) is 5.02 Å². The monoisotopic (exact) mass is 443 g/mol. The highest BCUT2D eigenvalue weighted by Gasteiger charge is 2.24. The molecule has 0 aliphatic rings. The van der Waals surface area contributed by atoms with Gasteiger partial charge in [-0.25, -0.2) is 9.78 Å². The molecular weight excluding hydrogens is 418 g/mol. The lowest BCUT2D eigenvalue weighted by Gasteiger charge is -2.24. The summed E-state index contributed by atoms with van der Waals surface area (Å²) < 4.78 is 12.2. The smallest absolute Gasteiger partial charge is 0.408 e. The van der Waals surface area contributed by atoms with Crippen molar-refractivity contribution in [3.63, 3.8) is 0 Å². The van der Waals surface area contributed by atoms with Gasteiger partial charge in [0.25, 0.3) is 5.56 Å². The standard InChI is InChI=1S/C23H26ClN3O4/c1-13-10-11-15(30-6)12-18(13)27-20(14(2)25-22(29)31-23(3,4)5)26-17-9-7-8-16(24)19(17)21(27)28/h7-12,14H,1-6H3,(H,25,29)/t14-/m0/s1. The van der Waals surface area contributed by atoms with E-state index in [-0.39, 0.29) is 5.56 Å². The number of halogens is 1. The van der Waals surface area contributed by atoms with Gasteiger partial charge in [0.1, 0.15) is 17.2 Å². The van der Waals surface area contributed by atoms with Crippen molar-refractivity contribution in [1.82, 2.24) is 14.9 Å². The summed E-state index contributed by atoms with van der Waals surface area (Å²) >= 11 is 6.34. The first-order valence-electron chi connectivity index (χ1n) is 9.87. The Morgan fingerprint density at radius 2 is 1.94 bits per heavy atom. The number of aromatic nitrogens is 2. The number of nitrogens with one attached hydrogen (secondary N) is 1. The SMILES string of the molecule is COc1ccc(C)c(-n2c([C@H](C)NC(=O)OC(C)(C)C)nc3cccc(Cl)c3c2=O)c1. The van der Waals surface area contributed by atoms with Gasteiger partial charge in [0.15, 0.2) is 0 Å². The van der Waals surface area contributed by atoms with Gasteiger partial charge in [0, 0.05) is 6.07 Å². The third-order valence-corrected chi connectivity index (χ3v) is 4.97. The molecule has 0 saturated carbocycles. The van der Waals surface area contributed by atoms with Gasteiger partial charge in [-0.05, 0) is 58.4 Å². The number of ether oxygens (including phenoxy) is 2. The summed E-state index contributed by atoms with van der Waals surface area (Å²) in [6, 6.07) is 9.89. The Bertz CT molecular complexity index is 1200. The van der Waals surface area contributed by atoms with Crippen molar-refractivity contribution in [2.45, 2.75) is 46.3 Å². The zero-order valence-electron chi connectivity index (χ0n) is 18.4. The second-order valence-corrected chi connectivity index (χ2v) is 8.67. The number of methoxy groups -OCH3 is 1. The van der Waals surface area contributed by atoms with E-state index in [9.17, 15) is 9.59 Å². The zero-order valence-corrected chi connectivity index (χ0v) is 19.2. The van der Waals surface area contributed by atoms with Gasteiger partial charge < -0.3 is 14.8 Å². The topological polar surface area (TPSA) is 82.4 Å². The minimum absolute atomic E-state index is 0.305. The van der Waals surface area contributed by atoms with E-state index in [0.29, 0.717) is 33.2 Å². The van der Waals surface area contributed by atoms with E-state index in [1.54, 1.807) is 59.1 Å². The van der Waals surface area contributed by atoms with Crippen LogP contribution in [-0.2, 0) is 4.74 Å². The molecule has 2 aromatic carbocycles. The summed E-state index contributed by atoms with van der Waals surface area (Å²) in [5.41, 5.74) is 0.882. The van der Waals surface area contributed by atoms with E-state index < -0.39 is 17.7 Å². The third kappa shape index (κ3) is 4.82. The Kier molecular flexibility index (Phi) is 6.27. The van der Waals surface area contributed by atoms with Crippen molar-refractivity contribution in [3.05, 3.63) is 63.2 Å².